The molecule has 2 amide bonds. The number of likely N-dealkylation sites (N-methyl/N-ethyl adjacent to an activating group) is 2. The van der Waals surface area contributed by atoms with Crippen LogP contribution in [0.1, 0.15) is 76.9 Å². The summed E-state index contributed by atoms with van der Waals surface area (Å²) in [4.78, 5) is 93.8. The summed E-state index contributed by atoms with van der Waals surface area (Å²) in [6, 6.07) is 11.0. The number of aliphatic carboxylic acids is 2. The van der Waals surface area contributed by atoms with Crippen LogP contribution in [0, 0.1) is 0 Å². The Labute approximate surface area is 421 Å². The number of carboxylic acid groups (broad SMARTS) is 2. The fourth-order valence-electron chi connectivity index (χ4n) is 7.88. The SMILES string of the molecule is CCCOc1ccc(NC(=O)CN2CCN(C)CC2)cc1-c1nc(CC)c(CC)c(=O)[nH]1.CCCOc1ccc(NC(=O)CN2CCN(C)CC2)cc1-c1nc(CC)c(CC)c(=O)[nH]1.O=C(O)/C=C/C(=O)O. The lowest BCUT2D eigenvalue weighted by Crippen LogP contribution is -2.47. The van der Waals surface area contributed by atoms with E-state index in [4.69, 9.17) is 29.7 Å². The van der Waals surface area contributed by atoms with E-state index in [0.29, 0.717) is 121 Å². The minimum atomic E-state index is -1.26. The van der Waals surface area contributed by atoms with E-state index in [2.05, 4.69) is 54.3 Å². The molecule has 2 fully saturated rings. The van der Waals surface area contributed by atoms with Crippen molar-refractivity contribution in [3.63, 3.8) is 0 Å². The highest BCUT2D eigenvalue weighted by Gasteiger charge is 2.21. The quantitative estimate of drug-likeness (QED) is 0.0651. The highest BCUT2D eigenvalue weighted by Crippen LogP contribution is 2.32. The van der Waals surface area contributed by atoms with Gasteiger partial charge in [-0.25, -0.2) is 19.6 Å². The van der Waals surface area contributed by atoms with Crippen molar-refractivity contribution in [2.75, 3.05) is 103 Å². The maximum absolute atomic E-state index is 12.6. The van der Waals surface area contributed by atoms with Crippen LogP contribution in [-0.4, -0.2) is 166 Å². The van der Waals surface area contributed by atoms with Crippen LogP contribution < -0.4 is 31.2 Å². The van der Waals surface area contributed by atoms with Crippen LogP contribution in [-0.2, 0) is 44.9 Å². The maximum Gasteiger partial charge on any atom is 0.328 e. The van der Waals surface area contributed by atoms with Crippen molar-refractivity contribution < 1.29 is 38.9 Å². The minimum absolute atomic E-state index is 0.0558. The maximum atomic E-state index is 12.6. The summed E-state index contributed by atoms with van der Waals surface area (Å²) in [5.41, 5.74) is 5.41. The van der Waals surface area contributed by atoms with Gasteiger partial charge in [0.15, 0.2) is 0 Å². The number of nitrogens with zero attached hydrogens (tertiary/aromatic N) is 6. The second-order valence-electron chi connectivity index (χ2n) is 17.5. The van der Waals surface area contributed by atoms with Gasteiger partial charge in [0.2, 0.25) is 11.8 Å². The Morgan fingerprint density at radius 3 is 1.25 bits per heavy atom. The predicted octanol–water partition coefficient (Wildman–Crippen LogP) is 4.78. The summed E-state index contributed by atoms with van der Waals surface area (Å²) in [5.74, 6) is -0.424. The third-order valence-electron chi connectivity index (χ3n) is 11.8. The molecule has 392 valence electrons. The number of benzene rings is 2. The van der Waals surface area contributed by atoms with Gasteiger partial charge < -0.3 is 50.1 Å². The summed E-state index contributed by atoms with van der Waals surface area (Å²) in [6.45, 7) is 21.2. The molecule has 2 aliphatic rings. The van der Waals surface area contributed by atoms with Crippen molar-refractivity contribution >= 4 is 35.1 Å². The minimum Gasteiger partial charge on any atom is -0.493 e. The van der Waals surface area contributed by atoms with Gasteiger partial charge in [0.1, 0.15) is 23.1 Å². The summed E-state index contributed by atoms with van der Waals surface area (Å²) < 4.78 is 11.8. The van der Waals surface area contributed by atoms with Gasteiger partial charge in [-0.1, -0.05) is 41.5 Å². The molecule has 2 aromatic heterocycles. The first kappa shape index (κ1) is 57.8. The zero-order valence-electron chi connectivity index (χ0n) is 43.2. The van der Waals surface area contributed by atoms with Gasteiger partial charge in [-0.2, -0.15) is 0 Å². The second kappa shape index (κ2) is 29.6. The van der Waals surface area contributed by atoms with Crippen molar-refractivity contribution in [3.05, 3.63) is 91.8 Å². The predicted molar refractivity (Wildman–Crippen MR) is 279 cm³/mol. The number of amides is 2. The van der Waals surface area contributed by atoms with Gasteiger partial charge in [0.05, 0.1) is 48.8 Å². The zero-order chi connectivity index (χ0) is 52.7. The number of carboxylic acids is 2. The van der Waals surface area contributed by atoms with E-state index in [1.807, 2.05) is 77.9 Å². The Hall–Kier alpha value is -6.74. The summed E-state index contributed by atoms with van der Waals surface area (Å²) in [7, 11) is 4.19. The third kappa shape index (κ3) is 18.1. The number of carbonyl (C=O) groups is 4. The molecule has 0 spiro atoms. The molecule has 0 unspecified atom stereocenters. The molecule has 0 bridgehead atoms. The largest absolute Gasteiger partial charge is 0.493 e. The molecule has 6 N–H and O–H groups in total. The van der Waals surface area contributed by atoms with E-state index in [1.165, 1.54) is 0 Å². The Morgan fingerprint density at radius 2 is 0.944 bits per heavy atom. The van der Waals surface area contributed by atoms with E-state index in [1.54, 1.807) is 0 Å². The molecular formula is C52H74N10O10. The molecule has 20 heteroatoms. The average Bonchev–Trinajstić information content (AvgIpc) is 3.36. The van der Waals surface area contributed by atoms with E-state index in [0.717, 1.165) is 76.6 Å². The Morgan fingerprint density at radius 1 is 0.583 bits per heavy atom. The first-order valence-corrected chi connectivity index (χ1v) is 24.9. The Balaban J connectivity index is 0.000000271. The molecule has 2 saturated heterocycles. The fourth-order valence-corrected chi connectivity index (χ4v) is 7.88. The smallest absolute Gasteiger partial charge is 0.328 e. The van der Waals surface area contributed by atoms with Gasteiger partial charge in [-0.3, -0.25) is 29.0 Å². The normalized spacial score (nSPS) is 14.4. The molecule has 0 aliphatic carbocycles. The van der Waals surface area contributed by atoms with Crippen molar-refractivity contribution in [2.24, 2.45) is 0 Å². The van der Waals surface area contributed by atoms with Crippen LogP contribution in [0.25, 0.3) is 22.8 Å². The zero-order valence-corrected chi connectivity index (χ0v) is 43.2. The van der Waals surface area contributed by atoms with Gasteiger partial charge >= 0.3 is 11.9 Å². The summed E-state index contributed by atoms with van der Waals surface area (Å²) >= 11 is 0. The van der Waals surface area contributed by atoms with Crippen LogP contribution in [0.4, 0.5) is 11.4 Å². The Kier molecular flexibility index (Phi) is 23.8. The first-order valence-electron chi connectivity index (χ1n) is 24.9. The lowest BCUT2D eigenvalue weighted by atomic mass is 10.1. The number of aromatic amines is 2. The van der Waals surface area contributed by atoms with Crippen LogP contribution in [0.5, 0.6) is 11.5 Å². The number of hydrogen-bond donors (Lipinski definition) is 6. The average molecular weight is 999 g/mol. The van der Waals surface area contributed by atoms with Crippen LogP contribution >= 0.6 is 0 Å². The molecule has 72 heavy (non-hydrogen) atoms. The second-order valence-corrected chi connectivity index (χ2v) is 17.5. The van der Waals surface area contributed by atoms with Crippen molar-refractivity contribution in [2.45, 2.75) is 80.1 Å². The number of H-pyrrole nitrogens is 2. The molecule has 0 saturated carbocycles. The van der Waals surface area contributed by atoms with Gasteiger partial charge in [-0.05, 0) is 89.0 Å². The highest BCUT2D eigenvalue weighted by molar-refractivity contribution is 5.94. The van der Waals surface area contributed by atoms with Gasteiger partial charge in [0, 0.05) is 87.0 Å². The van der Waals surface area contributed by atoms with Crippen LogP contribution in [0.15, 0.2) is 58.1 Å². The Bertz CT molecular complexity index is 2410. The molecule has 0 atom stereocenters. The number of rotatable bonds is 20. The molecule has 0 radical (unpaired) electrons. The monoisotopic (exact) mass is 999 g/mol. The topological polar surface area (TPSA) is 256 Å². The molecule has 6 rings (SSSR count). The fraction of sp³-hybridized carbons (Fsp3) is 0.500. The number of anilines is 2. The number of hydrogen-bond acceptors (Lipinski definition) is 14. The van der Waals surface area contributed by atoms with Crippen LogP contribution in [0.3, 0.4) is 0 Å². The van der Waals surface area contributed by atoms with E-state index >= 15 is 0 Å². The number of piperazine rings is 2. The van der Waals surface area contributed by atoms with Crippen molar-refractivity contribution in [3.8, 4) is 34.3 Å². The van der Waals surface area contributed by atoms with Gasteiger partial charge in [0.25, 0.3) is 11.1 Å². The lowest BCUT2D eigenvalue weighted by molar-refractivity contribution is -0.134. The number of aromatic nitrogens is 4. The standard InChI is InChI=1S/2C24H35N5O3.C4H4O4/c2*1-5-14-32-21-9-8-17(25-22(30)16-29-12-10-28(4)11-13-29)15-19(21)23-26-20(7-3)18(6-2)24(31)27-23;5-3(6)1-2-4(7)8/h2*8-9,15H,5-7,10-14,16H2,1-4H3,(H,25,30)(H,26,27,31);1-2H,(H,5,6)(H,7,8)/b;;2-1+. The first-order chi connectivity index (χ1) is 34.5. The molecule has 2 aromatic carbocycles. The van der Waals surface area contributed by atoms with Gasteiger partial charge in [-0.15, -0.1) is 0 Å². The van der Waals surface area contributed by atoms with Crippen LogP contribution in [0.2, 0.25) is 0 Å². The molecule has 20 nitrogen and oxygen atoms in total. The van der Waals surface area contributed by atoms with E-state index in [9.17, 15) is 28.8 Å². The molecule has 4 aromatic rings. The highest BCUT2D eigenvalue weighted by atomic mass is 16.5. The number of carbonyl (C=O) groups excluding carboxylic acids is 2. The lowest BCUT2D eigenvalue weighted by Gasteiger charge is -2.31. The van der Waals surface area contributed by atoms with Crippen molar-refractivity contribution in [1.29, 1.82) is 0 Å². The molecule has 4 heterocycles. The summed E-state index contributed by atoms with van der Waals surface area (Å²) in [6.07, 6.45) is 5.45. The molecule has 2 aliphatic heterocycles. The number of ether oxygens (including phenoxy) is 2. The van der Waals surface area contributed by atoms with E-state index in [-0.39, 0.29) is 22.9 Å². The van der Waals surface area contributed by atoms with Crippen molar-refractivity contribution in [1.82, 2.24) is 39.5 Å². The summed E-state index contributed by atoms with van der Waals surface area (Å²) in [5, 5.41) is 21.6. The number of aryl methyl sites for hydroxylation is 2. The third-order valence-corrected chi connectivity index (χ3v) is 11.8. The molecular weight excluding hydrogens is 925 g/mol. The number of nitrogens with one attached hydrogen (secondary N) is 4. The van der Waals surface area contributed by atoms with E-state index < -0.39 is 11.9 Å².